The molecule has 0 saturated heterocycles. The van der Waals surface area contributed by atoms with Gasteiger partial charge in [-0.2, -0.15) is 0 Å². The molecule has 0 fully saturated rings. The van der Waals surface area contributed by atoms with Crippen LogP contribution >= 0.6 is 46.3 Å². The molecule has 27 heavy (non-hydrogen) atoms. The average Bonchev–Trinajstić information content (AvgIpc) is 3.06. The molecule has 0 bridgehead atoms. The minimum Gasteiger partial charge on any atom is -0.496 e. The Kier molecular flexibility index (Phi) is 6.43. The Bertz CT molecular complexity index is 1010. The van der Waals surface area contributed by atoms with Crippen molar-refractivity contribution < 1.29 is 14.3 Å². The highest BCUT2D eigenvalue weighted by molar-refractivity contribution is 8.01. The Labute approximate surface area is 173 Å². The minimum absolute atomic E-state index is 0.0977. The average molecular weight is 442 g/mol. The Balaban J connectivity index is 1.54. The predicted molar refractivity (Wildman–Crippen MR) is 109 cm³/mol. The lowest BCUT2D eigenvalue weighted by molar-refractivity contribution is -0.119. The van der Waals surface area contributed by atoms with Crippen LogP contribution in [0.3, 0.4) is 0 Å². The molecule has 1 heterocycles. The number of carbonyl (C=O) groups excluding carboxylic acids is 2. The molecule has 0 spiro atoms. The van der Waals surface area contributed by atoms with Crippen molar-refractivity contribution in [3.05, 3.63) is 52.0 Å². The van der Waals surface area contributed by atoms with Gasteiger partial charge >= 0.3 is 0 Å². The lowest BCUT2D eigenvalue weighted by Crippen LogP contribution is -2.42. The van der Waals surface area contributed by atoms with E-state index in [9.17, 15) is 9.59 Å². The summed E-state index contributed by atoms with van der Waals surface area (Å²) < 4.78 is 6.85. The van der Waals surface area contributed by atoms with Crippen LogP contribution < -0.4 is 15.6 Å². The summed E-state index contributed by atoms with van der Waals surface area (Å²) in [5, 5.41) is 1.00. The van der Waals surface area contributed by atoms with Crippen molar-refractivity contribution in [3.8, 4) is 5.75 Å². The van der Waals surface area contributed by atoms with Crippen molar-refractivity contribution in [2.75, 3.05) is 12.9 Å². The summed E-state index contributed by atoms with van der Waals surface area (Å²) in [5.74, 6) is -0.442. The van der Waals surface area contributed by atoms with Gasteiger partial charge in [0.1, 0.15) is 5.75 Å². The molecule has 0 saturated carbocycles. The SMILES string of the molecule is COc1ccc(Cl)cc1C(=O)NNC(=O)CSc1nc2cc(Cl)ccc2s1. The molecule has 0 aliphatic heterocycles. The molecule has 2 N–H and O–H groups in total. The van der Waals surface area contributed by atoms with Crippen LogP contribution in [0.4, 0.5) is 0 Å². The zero-order valence-electron chi connectivity index (χ0n) is 13.9. The molecule has 2 amide bonds. The normalized spacial score (nSPS) is 10.6. The zero-order valence-corrected chi connectivity index (χ0v) is 17.1. The number of halogens is 2. The maximum Gasteiger partial charge on any atom is 0.273 e. The lowest BCUT2D eigenvalue weighted by atomic mass is 10.2. The number of methoxy groups -OCH3 is 1. The second-order valence-corrected chi connectivity index (χ2v) is 8.35. The summed E-state index contributed by atoms with van der Waals surface area (Å²) in [5.41, 5.74) is 5.72. The molecular weight excluding hydrogens is 429 g/mol. The van der Waals surface area contributed by atoms with Gasteiger partial charge in [-0.05, 0) is 36.4 Å². The number of amides is 2. The molecule has 10 heteroatoms. The molecular formula is C17H13Cl2N3O3S2. The van der Waals surface area contributed by atoms with E-state index >= 15 is 0 Å². The van der Waals surface area contributed by atoms with Gasteiger partial charge in [0.05, 0.1) is 28.6 Å². The fraction of sp³-hybridized carbons (Fsp3) is 0.118. The standard InChI is InChI=1S/C17H13Cl2N3O3S2/c1-25-13-4-2-9(18)6-11(13)16(24)22-21-15(23)8-26-17-20-12-7-10(19)3-5-14(12)27-17/h2-7H,8H2,1H3,(H,21,23)(H,22,24). The van der Waals surface area contributed by atoms with Gasteiger partial charge in [-0.1, -0.05) is 35.0 Å². The number of rotatable bonds is 5. The van der Waals surface area contributed by atoms with E-state index < -0.39 is 5.91 Å². The predicted octanol–water partition coefficient (Wildman–Crippen LogP) is 4.17. The van der Waals surface area contributed by atoms with Crippen molar-refractivity contribution in [2.24, 2.45) is 0 Å². The van der Waals surface area contributed by atoms with Crippen molar-refractivity contribution in [2.45, 2.75) is 4.34 Å². The third-order valence-corrected chi connectivity index (χ3v) is 6.03. The number of nitrogens with zero attached hydrogens (tertiary/aromatic N) is 1. The maximum absolute atomic E-state index is 12.2. The second kappa shape index (κ2) is 8.79. The number of hydrogen-bond donors (Lipinski definition) is 2. The van der Waals surface area contributed by atoms with Crippen LogP contribution in [0.15, 0.2) is 40.7 Å². The fourth-order valence-corrected chi connectivity index (χ4v) is 4.34. The number of aromatic nitrogens is 1. The molecule has 3 rings (SSSR count). The van der Waals surface area contributed by atoms with Gasteiger partial charge in [0.25, 0.3) is 5.91 Å². The molecule has 1 aromatic heterocycles. The van der Waals surface area contributed by atoms with Crippen molar-refractivity contribution in [1.29, 1.82) is 0 Å². The van der Waals surface area contributed by atoms with Gasteiger partial charge < -0.3 is 4.74 Å². The molecule has 3 aromatic rings. The number of nitrogens with one attached hydrogen (secondary N) is 2. The van der Waals surface area contributed by atoms with Crippen molar-refractivity contribution in [3.63, 3.8) is 0 Å². The van der Waals surface area contributed by atoms with E-state index in [0.29, 0.717) is 15.8 Å². The van der Waals surface area contributed by atoms with Crippen LogP contribution in [-0.4, -0.2) is 29.7 Å². The summed E-state index contributed by atoms with van der Waals surface area (Å²) in [6.45, 7) is 0. The van der Waals surface area contributed by atoms with Gasteiger partial charge in [0, 0.05) is 10.0 Å². The minimum atomic E-state index is -0.526. The van der Waals surface area contributed by atoms with Crippen molar-refractivity contribution >= 4 is 68.3 Å². The number of hydrazine groups is 1. The molecule has 6 nitrogen and oxygen atoms in total. The maximum atomic E-state index is 12.2. The van der Waals surface area contributed by atoms with Crippen LogP contribution in [0.2, 0.25) is 10.0 Å². The van der Waals surface area contributed by atoms with Crippen molar-refractivity contribution in [1.82, 2.24) is 15.8 Å². The van der Waals surface area contributed by atoms with E-state index in [0.717, 1.165) is 14.6 Å². The summed E-state index contributed by atoms with van der Waals surface area (Å²) in [6.07, 6.45) is 0. The number of thioether (sulfide) groups is 1. The molecule has 0 unspecified atom stereocenters. The summed E-state index contributed by atoms with van der Waals surface area (Å²) in [7, 11) is 1.44. The van der Waals surface area contributed by atoms with E-state index in [4.69, 9.17) is 27.9 Å². The van der Waals surface area contributed by atoms with Gasteiger partial charge in [-0.15, -0.1) is 11.3 Å². The van der Waals surface area contributed by atoms with E-state index in [1.807, 2.05) is 6.07 Å². The molecule has 140 valence electrons. The summed E-state index contributed by atoms with van der Waals surface area (Å²) >= 11 is 14.6. The van der Waals surface area contributed by atoms with Gasteiger partial charge in [-0.25, -0.2) is 4.98 Å². The first-order chi connectivity index (χ1) is 13.0. The van der Waals surface area contributed by atoms with Crippen LogP contribution in [0.5, 0.6) is 5.75 Å². The first kappa shape index (κ1) is 19.8. The number of thiazole rings is 1. The Morgan fingerprint density at radius 1 is 1.15 bits per heavy atom. The number of fused-ring (bicyclic) bond motifs is 1. The van der Waals surface area contributed by atoms with Gasteiger partial charge in [-0.3, -0.25) is 20.4 Å². The highest BCUT2D eigenvalue weighted by atomic mass is 35.5. The topological polar surface area (TPSA) is 80.3 Å². The summed E-state index contributed by atoms with van der Waals surface area (Å²) in [4.78, 5) is 28.6. The van der Waals surface area contributed by atoms with Gasteiger partial charge in [0.2, 0.25) is 5.91 Å². The van der Waals surface area contributed by atoms with Crippen LogP contribution in [0.1, 0.15) is 10.4 Å². The monoisotopic (exact) mass is 441 g/mol. The molecule has 2 aromatic carbocycles. The number of carbonyl (C=O) groups is 2. The van der Waals surface area contributed by atoms with Crippen LogP contribution in [0.25, 0.3) is 10.2 Å². The molecule has 0 aliphatic carbocycles. The second-order valence-electron chi connectivity index (χ2n) is 5.23. The third-order valence-electron chi connectivity index (χ3n) is 3.38. The number of hydrogen-bond acceptors (Lipinski definition) is 6. The Hall–Kier alpha value is -2.00. The smallest absolute Gasteiger partial charge is 0.273 e. The zero-order chi connectivity index (χ0) is 19.4. The van der Waals surface area contributed by atoms with E-state index in [-0.39, 0.29) is 17.2 Å². The largest absolute Gasteiger partial charge is 0.496 e. The number of ether oxygens (including phenoxy) is 1. The van der Waals surface area contributed by atoms with E-state index in [1.165, 1.54) is 36.3 Å². The Morgan fingerprint density at radius 3 is 2.67 bits per heavy atom. The van der Waals surface area contributed by atoms with Gasteiger partial charge in [0.15, 0.2) is 4.34 Å². The number of benzene rings is 2. The fourth-order valence-electron chi connectivity index (χ4n) is 2.16. The first-order valence-corrected chi connectivity index (χ1v) is 10.1. The lowest BCUT2D eigenvalue weighted by Gasteiger charge is -2.10. The molecule has 0 aliphatic rings. The highest BCUT2D eigenvalue weighted by Gasteiger charge is 2.14. The highest BCUT2D eigenvalue weighted by Crippen LogP contribution is 2.30. The van der Waals surface area contributed by atoms with Crippen LogP contribution in [0, 0.1) is 0 Å². The third kappa shape index (κ3) is 5.04. The van der Waals surface area contributed by atoms with E-state index in [1.54, 1.807) is 24.3 Å². The quantitative estimate of drug-likeness (QED) is 0.458. The summed E-state index contributed by atoms with van der Waals surface area (Å²) in [6, 6.07) is 10.1. The van der Waals surface area contributed by atoms with E-state index in [2.05, 4.69) is 15.8 Å². The van der Waals surface area contributed by atoms with Crippen LogP contribution in [-0.2, 0) is 4.79 Å². The molecule has 0 atom stereocenters. The molecule has 0 radical (unpaired) electrons. The Morgan fingerprint density at radius 2 is 1.89 bits per heavy atom. The first-order valence-electron chi connectivity index (χ1n) is 7.58.